The molecule has 1 fully saturated rings. The number of anilines is 1. The first-order valence-electron chi connectivity index (χ1n) is 8.66. The highest BCUT2D eigenvalue weighted by atomic mass is 16.2. The fourth-order valence-electron chi connectivity index (χ4n) is 3.25. The van der Waals surface area contributed by atoms with Gasteiger partial charge in [-0.15, -0.1) is 0 Å². The van der Waals surface area contributed by atoms with Crippen LogP contribution in [0.3, 0.4) is 0 Å². The average Bonchev–Trinajstić information content (AvgIpc) is 2.64. The SMILES string of the molecule is CN1CCN(Cc2cc(N)cc(-c3cnc4ccccc4n3)c2)CC1=O. The van der Waals surface area contributed by atoms with E-state index in [-0.39, 0.29) is 5.91 Å². The maximum Gasteiger partial charge on any atom is 0.236 e. The van der Waals surface area contributed by atoms with Gasteiger partial charge in [-0.05, 0) is 35.9 Å². The van der Waals surface area contributed by atoms with Crippen LogP contribution >= 0.6 is 0 Å². The normalized spacial score (nSPS) is 15.6. The topological polar surface area (TPSA) is 75.3 Å². The van der Waals surface area contributed by atoms with Crippen molar-refractivity contribution >= 4 is 22.6 Å². The number of piperazine rings is 1. The Labute approximate surface area is 152 Å². The summed E-state index contributed by atoms with van der Waals surface area (Å²) in [6.45, 7) is 2.75. The fraction of sp³-hybridized carbons (Fsp3) is 0.250. The van der Waals surface area contributed by atoms with Crippen LogP contribution < -0.4 is 5.73 Å². The number of amides is 1. The predicted molar refractivity (Wildman–Crippen MR) is 102 cm³/mol. The molecule has 6 heteroatoms. The van der Waals surface area contributed by atoms with E-state index in [9.17, 15) is 4.79 Å². The zero-order chi connectivity index (χ0) is 18.1. The van der Waals surface area contributed by atoms with Gasteiger partial charge in [-0.3, -0.25) is 14.7 Å². The number of hydrogen-bond donors (Lipinski definition) is 1. The van der Waals surface area contributed by atoms with Gasteiger partial charge in [0, 0.05) is 37.9 Å². The highest BCUT2D eigenvalue weighted by molar-refractivity contribution is 5.79. The molecule has 1 aliphatic rings. The fourth-order valence-corrected chi connectivity index (χ4v) is 3.25. The Balaban J connectivity index is 1.62. The van der Waals surface area contributed by atoms with Gasteiger partial charge in [0.05, 0.1) is 29.5 Å². The Bertz CT molecular complexity index is 971. The molecule has 0 spiro atoms. The molecular formula is C20H21N5O. The van der Waals surface area contributed by atoms with Crippen LogP contribution in [-0.2, 0) is 11.3 Å². The Morgan fingerprint density at radius 2 is 1.92 bits per heavy atom. The lowest BCUT2D eigenvalue weighted by molar-refractivity contribution is -0.134. The summed E-state index contributed by atoms with van der Waals surface area (Å²) < 4.78 is 0. The van der Waals surface area contributed by atoms with Gasteiger partial charge in [-0.1, -0.05) is 12.1 Å². The number of nitrogen functional groups attached to an aromatic ring is 1. The van der Waals surface area contributed by atoms with E-state index in [1.165, 1.54) is 0 Å². The summed E-state index contributed by atoms with van der Waals surface area (Å²) in [5, 5.41) is 0. The molecule has 2 N–H and O–H groups in total. The summed E-state index contributed by atoms with van der Waals surface area (Å²) in [5.74, 6) is 0.153. The molecule has 1 amide bonds. The Morgan fingerprint density at radius 1 is 1.12 bits per heavy atom. The molecule has 0 aliphatic carbocycles. The van der Waals surface area contributed by atoms with Crippen molar-refractivity contribution in [2.75, 3.05) is 32.4 Å². The highest BCUT2D eigenvalue weighted by Gasteiger charge is 2.21. The molecule has 0 atom stereocenters. The summed E-state index contributed by atoms with van der Waals surface area (Å²) in [6.07, 6.45) is 1.78. The molecule has 3 aromatic rings. The third-order valence-electron chi connectivity index (χ3n) is 4.70. The van der Waals surface area contributed by atoms with E-state index in [4.69, 9.17) is 10.7 Å². The minimum absolute atomic E-state index is 0.153. The lowest BCUT2D eigenvalue weighted by atomic mass is 10.1. The van der Waals surface area contributed by atoms with Crippen LogP contribution in [0.4, 0.5) is 5.69 Å². The third kappa shape index (κ3) is 3.36. The Kier molecular flexibility index (Phi) is 4.26. The standard InChI is InChI=1S/C20H21N5O/c1-24-6-7-25(13-20(24)26)12-14-8-15(10-16(21)9-14)19-11-22-17-4-2-3-5-18(17)23-19/h2-5,8-11H,6-7,12-13,21H2,1H3. The second-order valence-corrected chi connectivity index (χ2v) is 6.73. The average molecular weight is 347 g/mol. The van der Waals surface area contributed by atoms with Gasteiger partial charge >= 0.3 is 0 Å². The molecule has 0 bridgehead atoms. The Hall–Kier alpha value is -2.99. The van der Waals surface area contributed by atoms with Crippen molar-refractivity contribution in [3.8, 4) is 11.3 Å². The molecule has 6 nitrogen and oxygen atoms in total. The van der Waals surface area contributed by atoms with E-state index in [2.05, 4.69) is 16.0 Å². The number of carbonyl (C=O) groups is 1. The Morgan fingerprint density at radius 3 is 2.73 bits per heavy atom. The van der Waals surface area contributed by atoms with Crippen LogP contribution in [0.1, 0.15) is 5.56 Å². The number of aromatic nitrogens is 2. The third-order valence-corrected chi connectivity index (χ3v) is 4.70. The van der Waals surface area contributed by atoms with Crippen LogP contribution in [0.25, 0.3) is 22.3 Å². The predicted octanol–water partition coefficient (Wildman–Crippen LogP) is 2.15. The minimum Gasteiger partial charge on any atom is -0.399 e. The first-order chi connectivity index (χ1) is 12.6. The molecule has 0 radical (unpaired) electrons. The van der Waals surface area contributed by atoms with Gasteiger partial charge in [0.15, 0.2) is 0 Å². The first-order valence-corrected chi connectivity index (χ1v) is 8.66. The lowest BCUT2D eigenvalue weighted by Crippen LogP contribution is -2.47. The number of carbonyl (C=O) groups excluding carboxylic acids is 1. The number of hydrogen-bond acceptors (Lipinski definition) is 5. The quantitative estimate of drug-likeness (QED) is 0.735. The maximum absolute atomic E-state index is 11.9. The van der Waals surface area contributed by atoms with E-state index in [1.54, 1.807) is 11.1 Å². The molecule has 26 heavy (non-hydrogen) atoms. The second-order valence-electron chi connectivity index (χ2n) is 6.73. The zero-order valence-electron chi connectivity index (χ0n) is 14.7. The minimum atomic E-state index is 0.153. The van der Waals surface area contributed by atoms with Gasteiger partial charge in [0.2, 0.25) is 5.91 Å². The lowest BCUT2D eigenvalue weighted by Gasteiger charge is -2.32. The molecule has 2 heterocycles. The molecular weight excluding hydrogens is 326 g/mol. The molecule has 4 rings (SSSR count). The van der Waals surface area contributed by atoms with Gasteiger partial charge in [0.25, 0.3) is 0 Å². The molecule has 0 saturated carbocycles. The van der Waals surface area contributed by atoms with Crippen LogP contribution in [0, 0.1) is 0 Å². The molecule has 2 aromatic carbocycles. The summed E-state index contributed by atoms with van der Waals surface area (Å²) in [5.41, 5.74) is 11.4. The first kappa shape index (κ1) is 16.5. The largest absolute Gasteiger partial charge is 0.399 e. The van der Waals surface area contributed by atoms with E-state index < -0.39 is 0 Å². The number of likely N-dealkylation sites (N-methyl/N-ethyl adjacent to an activating group) is 1. The smallest absolute Gasteiger partial charge is 0.236 e. The summed E-state index contributed by atoms with van der Waals surface area (Å²) in [6, 6.07) is 13.8. The van der Waals surface area contributed by atoms with Gasteiger partial charge in [0.1, 0.15) is 0 Å². The van der Waals surface area contributed by atoms with Gasteiger partial charge in [-0.2, -0.15) is 0 Å². The van der Waals surface area contributed by atoms with Crippen molar-refractivity contribution in [1.82, 2.24) is 19.8 Å². The van der Waals surface area contributed by atoms with Crippen molar-refractivity contribution in [2.24, 2.45) is 0 Å². The van der Waals surface area contributed by atoms with Crippen molar-refractivity contribution in [2.45, 2.75) is 6.54 Å². The number of nitrogens with two attached hydrogens (primary N) is 1. The summed E-state index contributed by atoms with van der Waals surface area (Å²) in [7, 11) is 1.84. The van der Waals surface area contributed by atoms with E-state index in [1.807, 2.05) is 43.4 Å². The highest BCUT2D eigenvalue weighted by Crippen LogP contribution is 2.24. The molecule has 1 aromatic heterocycles. The van der Waals surface area contributed by atoms with Gasteiger partial charge in [-0.25, -0.2) is 4.98 Å². The number of para-hydroxylation sites is 2. The van der Waals surface area contributed by atoms with Crippen molar-refractivity contribution < 1.29 is 4.79 Å². The van der Waals surface area contributed by atoms with E-state index in [0.29, 0.717) is 18.8 Å². The van der Waals surface area contributed by atoms with E-state index in [0.717, 1.165) is 40.9 Å². The van der Waals surface area contributed by atoms with Crippen LogP contribution in [0.15, 0.2) is 48.7 Å². The summed E-state index contributed by atoms with van der Waals surface area (Å²) >= 11 is 0. The number of nitrogens with zero attached hydrogens (tertiary/aromatic N) is 4. The number of fused-ring (bicyclic) bond motifs is 1. The molecule has 1 aliphatic heterocycles. The van der Waals surface area contributed by atoms with Crippen molar-refractivity contribution in [3.63, 3.8) is 0 Å². The van der Waals surface area contributed by atoms with Crippen LogP contribution in [0.5, 0.6) is 0 Å². The second kappa shape index (κ2) is 6.72. The number of benzene rings is 2. The molecule has 132 valence electrons. The van der Waals surface area contributed by atoms with E-state index >= 15 is 0 Å². The maximum atomic E-state index is 11.9. The molecule has 1 saturated heterocycles. The molecule has 0 unspecified atom stereocenters. The summed E-state index contributed by atoms with van der Waals surface area (Å²) in [4.78, 5) is 25.0. The monoisotopic (exact) mass is 347 g/mol. The van der Waals surface area contributed by atoms with Crippen molar-refractivity contribution in [3.05, 3.63) is 54.2 Å². The number of rotatable bonds is 3. The van der Waals surface area contributed by atoms with Crippen molar-refractivity contribution in [1.29, 1.82) is 0 Å². The zero-order valence-corrected chi connectivity index (χ0v) is 14.7. The van der Waals surface area contributed by atoms with Gasteiger partial charge < -0.3 is 10.6 Å². The van der Waals surface area contributed by atoms with Crippen LogP contribution in [-0.4, -0.2) is 52.4 Å². The van der Waals surface area contributed by atoms with Crippen LogP contribution in [0.2, 0.25) is 0 Å².